The summed E-state index contributed by atoms with van der Waals surface area (Å²) in [6.07, 6.45) is 2.39. The van der Waals surface area contributed by atoms with Gasteiger partial charge in [-0.2, -0.15) is 0 Å². The number of nitrogens with zero attached hydrogens (tertiary/aromatic N) is 1. The van der Waals surface area contributed by atoms with E-state index >= 15 is 0 Å². The van der Waals surface area contributed by atoms with E-state index in [9.17, 15) is 4.79 Å². The molecule has 106 valence electrons. The summed E-state index contributed by atoms with van der Waals surface area (Å²) in [6.45, 7) is 0. The van der Waals surface area contributed by atoms with Crippen molar-refractivity contribution in [3.05, 3.63) is 63.2 Å². The lowest BCUT2D eigenvalue weighted by Gasteiger charge is -1.97. The van der Waals surface area contributed by atoms with Crippen LogP contribution in [-0.2, 0) is 6.42 Å². The first kappa shape index (κ1) is 13.9. The quantitative estimate of drug-likeness (QED) is 0.761. The number of carbonyl (C=O) groups is 1. The molecule has 0 fully saturated rings. The van der Waals surface area contributed by atoms with Gasteiger partial charge in [-0.25, -0.2) is 9.78 Å². The van der Waals surface area contributed by atoms with Gasteiger partial charge in [0.05, 0.1) is 10.7 Å². The Bertz CT molecular complexity index is 777. The third kappa shape index (κ3) is 3.15. The first-order valence-corrected chi connectivity index (χ1v) is 7.48. The maximum Gasteiger partial charge on any atom is 0.352 e. The fourth-order valence-electron chi connectivity index (χ4n) is 1.97. The number of aromatic carboxylic acids is 1. The zero-order chi connectivity index (χ0) is 14.8. The van der Waals surface area contributed by atoms with Crippen LogP contribution in [0.5, 0.6) is 0 Å². The van der Waals surface area contributed by atoms with Crippen LogP contribution in [0.25, 0.3) is 11.3 Å². The summed E-state index contributed by atoms with van der Waals surface area (Å²) < 4.78 is 0. The highest BCUT2D eigenvalue weighted by Gasteiger charge is 2.10. The van der Waals surface area contributed by atoms with Crippen molar-refractivity contribution in [3.63, 3.8) is 0 Å². The molecule has 0 atom stereocenters. The Hall–Kier alpha value is -2.11. The zero-order valence-electron chi connectivity index (χ0n) is 10.8. The highest BCUT2D eigenvalue weighted by Crippen LogP contribution is 2.24. The molecule has 0 amide bonds. The molecule has 21 heavy (non-hydrogen) atoms. The second-order valence-corrected chi connectivity index (χ2v) is 5.92. The van der Waals surface area contributed by atoms with Gasteiger partial charge in [-0.05, 0) is 23.8 Å². The topological polar surface area (TPSA) is 66.0 Å². The maximum absolute atomic E-state index is 10.9. The van der Waals surface area contributed by atoms with Crippen molar-refractivity contribution in [1.29, 1.82) is 0 Å². The average Bonchev–Trinajstić information content (AvgIpc) is 3.10. The van der Waals surface area contributed by atoms with E-state index in [0.29, 0.717) is 5.02 Å². The Balaban J connectivity index is 1.79. The van der Waals surface area contributed by atoms with Gasteiger partial charge in [-0.3, -0.25) is 0 Å². The van der Waals surface area contributed by atoms with Crippen LogP contribution in [0.2, 0.25) is 5.02 Å². The second-order valence-electron chi connectivity index (χ2n) is 4.54. The van der Waals surface area contributed by atoms with E-state index in [1.807, 2.05) is 29.6 Å². The van der Waals surface area contributed by atoms with E-state index in [1.165, 1.54) is 0 Å². The molecule has 0 spiro atoms. The molecular weight excluding hydrogens is 308 g/mol. The van der Waals surface area contributed by atoms with E-state index < -0.39 is 5.97 Å². The van der Waals surface area contributed by atoms with Gasteiger partial charge < -0.3 is 10.1 Å². The number of benzene rings is 1. The van der Waals surface area contributed by atoms with Crippen LogP contribution < -0.4 is 0 Å². The molecule has 0 bridgehead atoms. The SMILES string of the molecule is O=C(O)c1cc(-c2csc(Cc3ccc(Cl)cc3)n2)c[nH]1. The second kappa shape index (κ2) is 5.71. The van der Waals surface area contributed by atoms with Gasteiger partial charge in [-0.1, -0.05) is 23.7 Å². The molecule has 0 aliphatic heterocycles. The van der Waals surface area contributed by atoms with Crippen LogP contribution in [0.3, 0.4) is 0 Å². The number of nitrogens with one attached hydrogen (secondary N) is 1. The standard InChI is InChI=1S/C15H11ClN2O2S/c16-11-3-1-9(2-4-11)5-14-18-13(8-21-14)10-6-12(15(19)20)17-7-10/h1-4,6-8,17H,5H2,(H,19,20). The molecule has 2 heterocycles. The number of aromatic nitrogens is 2. The van der Waals surface area contributed by atoms with Crippen LogP contribution in [-0.4, -0.2) is 21.0 Å². The van der Waals surface area contributed by atoms with E-state index in [1.54, 1.807) is 23.6 Å². The van der Waals surface area contributed by atoms with Crippen molar-refractivity contribution >= 4 is 28.9 Å². The lowest BCUT2D eigenvalue weighted by molar-refractivity contribution is 0.0691. The molecule has 0 radical (unpaired) electrons. The maximum atomic E-state index is 10.9. The molecule has 1 aromatic carbocycles. The van der Waals surface area contributed by atoms with Crippen LogP contribution >= 0.6 is 22.9 Å². The Morgan fingerprint density at radius 3 is 2.76 bits per heavy atom. The van der Waals surface area contributed by atoms with Crippen molar-refractivity contribution < 1.29 is 9.90 Å². The van der Waals surface area contributed by atoms with Crippen molar-refractivity contribution in [2.75, 3.05) is 0 Å². The molecule has 0 saturated carbocycles. The zero-order valence-corrected chi connectivity index (χ0v) is 12.4. The number of carboxylic acid groups (broad SMARTS) is 1. The van der Waals surface area contributed by atoms with Crippen LogP contribution in [0.1, 0.15) is 21.1 Å². The summed E-state index contributed by atoms with van der Waals surface area (Å²) in [6, 6.07) is 9.25. The monoisotopic (exact) mass is 318 g/mol. The van der Waals surface area contributed by atoms with Crippen LogP contribution in [0, 0.1) is 0 Å². The van der Waals surface area contributed by atoms with Gasteiger partial charge in [0.25, 0.3) is 0 Å². The highest BCUT2D eigenvalue weighted by molar-refractivity contribution is 7.10. The lowest BCUT2D eigenvalue weighted by atomic mass is 10.2. The number of aromatic amines is 1. The number of carboxylic acids is 1. The number of hydrogen-bond acceptors (Lipinski definition) is 3. The van der Waals surface area contributed by atoms with Crippen LogP contribution in [0.4, 0.5) is 0 Å². The molecule has 6 heteroatoms. The Morgan fingerprint density at radius 2 is 2.10 bits per heavy atom. The smallest absolute Gasteiger partial charge is 0.352 e. The summed E-state index contributed by atoms with van der Waals surface area (Å²) in [5.74, 6) is -0.974. The number of H-pyrrole nitrogens is 1. The van der Waals surface area contributed by atoms with Crippen LogP contribution in [0.15, 0.2) is 41.9 Å². The number of thiazole rings is 1. The number of hydrogen-bond donors (Lipinski definition) is 2. The van der Waals surface area contributed by atoms with E-state index in [2.05, 4.69) is 9.97 Å². The van der Waals surface area contributed by atoms with Gasteiger partial charge in [-0.15, -0.1) is 11.3 Å². The number of rotatable bonds is 4. The minimum Gasteiger partial charge on any atom is -0.477 e. The molecular formula is C15H11ClN2O2S. The summed E-state index contributed by atoms with van der Waals surface area (Å²) in [7, 11) is 0. The largest absolute Gasteiger partial charge is 0.477 e. The van der Waals surface area contributed by atoms with Gasteiger partial charge in [0.2, 0.25) is 0 Å². The minimum atomic E-state index is -0.974. The lowest BCUT2D eigenvalue weighted by Crippen LogP contribution is -1.94. The normalized spacial score (nSPS) is 10.7. The summed E-state index contributed by atoms with van der Waals surface area (Å²) in [5, 5.41) is 12.5. The van der Waals surface area contributed by atoms with Gasteiger partial charge >= 0.3 is 5.97 Å². The third-order valence-electron chi connectivity index (χ3n) is 3.03. The van der Waals surface area contributed by atoms with Gasteiger partial charge in [0.1, 0.15) is 5.69 Å². The van der Waals surface area contributed by atoms with E-state index in [4.69, 9.17) is 16.7 Å². The van der Waals surface area contributed by atoms with Gasteiger partial charge in [0, 0.05) is 28.6 Å². The summed E-state index contributed by atoms with van der Waals surface area (Å²) >= 11 is 7.42. The molecule has 0 aliphatic carbocycles. The Morgan fingerprint density at radius 1 is 1.33 bits per heavy atom. The summed E-state index contributed by atoms with van der Waals surface area (Å²) in [4.78, 5) is 18.1. The minimum absolute atomic E-state index is 0.164. The molecule has 2 N–H and O–H groups in total. The molecule has 0 aliphatic rings. The van der Waals surface area contributed by atoms with Crippen molar-refractivity contribution in [2.24, 2.45) is 0 Å². The fraction of sp³-hybridized carbons (Fsp3) is 0.0667. The van der Waals surface area contributed by atoms with E-state index in [0.717, 1.165) is 28.2 Å². The summed E-state index contributed by atoms with van der Waals surface area (Å²) in [5.41, 5.74) is 2.87. The first-order valence-electron chi connectivity index (χ1n) is 6.23. The first-order chi connectivity index (χ1) is 10.1. The van der Waals surface area contributed by atoms with E-state index in [-0.39, 0.29) is 5.69 Å². The Kier molecular flexibility index (Phi) is 3.77. The molecule has 3 rings (SSSR count). The fourth-order valence-corrected chi connectivity index (χ4v) is 2.93. The molecule has 2 aromatic heterocycles. The predicted octanol–water partition coefficient (Wildman–Crippen LogP) is 4.08. The third-order valence-corrected chi connectivity index (χ3v) is 4.13. The van der Waals surface area contributed by atoms with Crippen molar-refractivity contribution in [1.82, 2.24) is 9.97 Å². The molecule has 3 aromatic rings. The molecule has 0 saturated heterocycles. The predicted molar refractivity (Wildman–Crippen MR) is 83.1 cm³/mol. The van der Waals surface area contributed by atoms with Crippen molar-refractivity contribution in [3.8, 4) is 11.3 Å². The van der Waals surface area contributed by atoms with Gasteiger partial charge in [0.15, 0.2) is 0 Å². The van der Waals surface area contributed by atoms with Crippen molar-refractivity contribution in [2.45, 2.75) is 6.42 Å². The molecule has 0 unspecified atom stereocenters. The molecule has 4 nitrogen and oxygen atoms in total. The average molecular weight is 319 g/mol. The Labute approximate surface area is 130 Å². The number of halogens is 1. The highest BCUT2D eigenvalue weighted by atomic mass is 35.5.